The Balaban J connectivity index is 1.16. The summed E-state index contributed by atoms with van der Waals surface area (Å²) in [6.07, 6.45) is 13.2. The van der Waals surface area contributed by atoms with Gasteiger partial charge in [0.1, 0.15) is 6.17 Å². The van der Waals surface area contributed by atoms with Gasteiger partial charge < -0.3 is 24.8 Å². The Hall–Kier alpha value is -2.36. The molecule has 4 heterocycles. The summed E-state index contributed by atoms with van der Waals surface area (Å²) in [7, 11) is 3.94. The molecule has 5 fully saturated rings. The van der Waals surface area contributed by atoms with Gasteiger partial charge in [0.05, 0.1) is 35.9 Å². The number of carbonyl (C=O) groups excluding carboxylic acids is 2. The number of halogens is 1. The van der Waals surface area contributed by atoms with Crippen molar-refractivity contribution in [3.05, 3.63) is 41.9 Å². The maximum atomic E-state index is 16.2. The number of morpholine rings is 1. The number of Topliss-reactive ketones (excluding diaryl/α,β-unsaturated/α-hetero) is 1. The van der Waals surface area contributed by atoms with Crippen LogP contribution in [0.5, 0.6) is 0 Å². The van der Waals surface area contributed by atoms with Gasteiger partial charge in [-0.25, -0.2) is 4.39 Å². The fourth-order valence-corrected chi connectivity index (χ4v) is 9.70. The third-order valence-electron chi connectivity index (χ3n) is 12.0. The number of fused-ring (bicyclic) bond motifs is 4. The first kappa shape index (κ1) is 30.3. The molecule has 0 radical (unpaired) electrons. The smallest absolute Gasteiger partial charge is 0.258 e. The minimum atomic E-state index is -1.20. The molecule has 1 amide bonds. The number of aromatic nitrogens is 1. The van der Waals surface area contributed by atoms with Gasteiger partial charge in [-0.2, -0.15) is 0 Å². The minimum absolute atomic E-state index is 0.00509. The number of carbonyl (C=O) groups is 2. The first-order valence-corrected chi connectivity index (χ1v) is 17.3. The number of likely N-dealkylation sites (N-methyl/N-ethyl adjacent to an activating group) is 1. The zero-order valence-electron chi connectivity index (χ0n) is 26.5. The predicted molar refractivity (Wildman–Crippen MR) is 166 cm³/mol. The molecule has 8 nitrogen and oxygen atoms in total. The highest BCUT2D eigenvalue weighted by atomic mass is 19.1. The lowest BCUT2D eigenvalue weighted by atomic mass is 9.63. The van der Waals surface area contributed by atoms with Crippen molar-refractivity contribution in [1.29, 1.82) is 0 Å². The lowest BCUT2D eigenvalue weighted by Crippen LogP contribution is -2.74. The molecule has 1 aromatic heterocycles. The molecular formula is C35H50FN5O3. The molecule has 44 heavy (non-hydrogen) atoms. The predicted octanol–water partition coefficient (Wildman–Crippen LogP) is 3.76. The van der Waals surface area contributed by atoms with Crippen molar-refractivity contribution in [2.24, 2.45) is 17.8 Å². The fraction of sp³-hybridized carbons (Fsp3) is 0.743. The standard InChI is InChI=1S/C35H50FN5O3/c1-39-18-7-10-24(39)14-17-38-30-28(36)20-26-32-34(30)44-29-13-12-22-8-3-4-11-25(22)31(29)41(32)21-27(33(26)42)35(43)40(2)19-15-23-9-5-6-16-37-23/h5-6,9,16,21-22,24-26,28-32,34,38H,3-4,7-8,10-15,17-20H2,1-2H3. The van der Waals surface area contributed by atoms with Crippen LogP contribution >= 0.6 is 0 Å². The van der Waals surface area contributed by atoms with Crippen LogP contribution in [0.4, 0.5) is 4.39 Å². The number of amides is 1. The number of hydrogen-bond acceptors (Lipinski definition) is 7. The molecule has 6 aliphatic rings. The van der Waals surface area contributed by atoms with Crippen LogP contribution in [0, 0.1) is 17.8 Å². The van der Waals surface area contributed by atoms with E-state index in [1.165, 1.54) is 32.1 Å². The molecular weight excluding hydrogens is 557 g/mol. The summed E-state index contributed by atoms with van der Waals surface area (Å²) in [5, 5.41) is 3.59. The highest BCUT2D eigenvalue weighted by molar-refractivity contribution is 6.20. The third-order valence-corrected chi connectivity index (χ3v) is 12.0. The van der Waals surface area contributed by atoms with E-state index in [9.17, 15) is 9.59 Å². The number of alkyl halides is 1. The Morgan fingerprint density at radius 1 is 1.14 bits per heavy atom. The van der Waals surface area contributed by atoms with E-state index in [2.05, 4.69) is 27.1 Å². The van der Waals surface area contributed by atoms with Gasteiger partial charge >= 0.3 is 0 Å². The van der Waals surface area contributed by atoms with Gasteiger partial charge in [-0.1, -0.05) is 25.3 Å². The molecule has 3 aliphatic carbocycles. The lowest BCUT2D eigenvalue weighted by Gasteiger charge is -2.62. The molecule has 0 bridgehead atoms. The van der Waals surface area contributed by atoms with Gasteiger partial charge in [0.15, 0.2) is 5.78 Å². The molecule has 10 unspecified atom stereocenters. The Morgan fingerprint density at radius 2 is 2.00 bits per heavy atom. The van der Waals surface area contributed by atoms with Crippen LogP contribution in [0.2, 0.25) is 0 Å². The summed E-state index contributed by atoms with van der Waals surface area (Å²) in [5.41, 5.74) is 1.13. The van der Waals surface area contributed by atoms with Crippen LogP contribution in [0.15, 0.2) is 36.2 Å². The summed E-state index contributed by atoms with van der Waals surface area (Å²) in [6, 6.07) is 5.75. The van der Waals surface area contributed by atoms with E-state index >= 15 is 4.39 Å². The Morgan fingerprint density at radius 3 is 2.80 bits per heavy atom. The van der Waals surface area contributed by atoms with Crippen molar-refractivity contribution in [1.82, 2.24) is 25.0 Å². The van der Waals surface area contributed by atoms with Gasteiger partial charge in [0, 0.05) is 50.1 Å². The lowest BCUT2D eigenvalue weighted by molar-refractivity contribution is -0.215. The van der Waals surface area contributed by atoms with Gasteiger partial charge in [-0.05, 0) is 89.1 Å². The van der Waals surface area contributed by atoms with Crippen LogP contribution in [0.3, 0.4) is 0 Å². The van der Waals surface area contributed by atoms with Crippen LogP contribution < -0.4 is 5.32 Å². The van der Waals surface area contributed by atoms with Crippen molar-refractivity contribution < 1.29 is 18.7 Å². The maximum absolute atomic E-state index is 16.2. The highest BCUT2D eigenvalue weighted by Crippen LogP contribution is 2.51. The van der Waals surface area contributed by atoms with Crippen LogP contribution in [0.1, 0.15) is 69.9 Å². The first-order chi connectivity index (χ1) is 21.4. The summed E-state index contributed by atoms with van der Waals surface area (Å²) < 4.78 is 23.1. The molecule has 7 rings (SSSR count). The average Bonchev–Trinajstić information content (AvgIpc) is 3.46. The van der Waals surface area contributed by atoms with Crippen LogP contribution in [-0.2, 0) is 20.7 Å². The van der Waals surface area contributed by atoms with Gasteiger partial charge in [-0.3, -0.25) is 14.6 Å². The van der Waals surface area contributed by atoms with Crippen molar-refractivity contribution in [3.63, 3.8) is 0 Å². The summed E-state index contributed by atoms with van der Waals surface area (Å²) in [4.78, 5) is 38.8. The summed E-state index contributed by atoms with van der Waals surface area (Å²) in [6.45, 7) is 2.33. The molecule has 10 atom stereocenters. The number of likely N-dealkylation sites (tertiary alicyclic amines) is 1. The van der Waals surface area contributed by atoms with Gasteiger partial charge in [0.2, 0.25) is 0 Å². The maximum Gasteiger partial charge on any atom is 0.258 e. The van der Waals surface area contributed by atoms with E-state index in [4.69, 9.17) is 4.74 Å². The quantitative estimate of drug-likeness (QED) is 0.451. The van der Waals surface area contributed by atoms with Gasteiger partial charge in [0.25, 0.3) is 5.91 Å². The number of rotatable bonds is 8. The van der Waals surface area contributed by atoms with E-state index in [1.54, 1.807) is 18.1 Å². The Bertz CT molecular complexity index is 1230. The molecule has 1 N–H and O–H groups in total. The van der Waals surface area contributed by atoms with Crippen molar-refractivity contribution in [2.45, 2.75) is 113 Å². The average molecular weight is 608 g/mol. The molecule has 1 aromatic rings. The van der Waals surface area contributed by atoms with Crippen LogP contribution in [-0.4, -0.2) is 108 Å². The second-order valence-electron chi connectivity index (χ2n) is 14.5. The number of ether oxygens (including phenoxy) is 1. The van der Waals surface area contributed by atoms with E-state index in [-0.39, 0.29) is 41.9 Å². The second kappa shape index (κ2) is 12.8. The SMILES string of the molecule is CN(CCc1ccccn1)C(=O)C1=CN2C3C(CCC4CCCCC43)OC3C(NCCC4CCCN4C)C(F)CC(C1=O)C32. The number of nitrogens with zero attached hydrogens (tertiary/aromatic N) is 4. The highest BCUT2D eigenvalue weighted by Gasteiger charge is 2.60. The molecule has 240 valence electrons. The largest absolute Gasteiger partial charge is 0.369 e. The molecule has 0 aromatic carbocycles. The zero-order chi connectivity index (χ0) is 30.4. The normalized spacial score (nSPS) is 38.4. The van der Waals surface area contributed by atoms with E-state index < -0.39 is 24.2 Å². The Kier molecular flexibility index (Phi) is 8.81. The first-order valence-electron chi connectivity index (χ1n) is 17.3. The van der Waals surface area contributed by atoms with E-state index in [1.807, 2.05) is 24.4 Å². The van der Waals surface area contributed by atoms with E-state index in [0.717, 1.165) is 44.5 Å². The number of ketones is 1. The molecule has 3 saturated carbocycles. The van der Waals surface area contributed by atoms with Gasteiger partial charge in [-0.15, -0.1) is 0 Å². The Labute approximate surface area is 261 Å². The number of hydrogen-bond donors (Lipinski definition) is 1. The molecule has 0 spiro atoms. The fourth-order valence-electron chi connectivity index (χ4n) is 9.70. The molecule has 2 saturated heterocycles. The second-order valence-corrected chi connectivity index (χ2v) is 14.5. The zero-order valence-corrected chi connectivity index (χ0v) is 26.5. The topological polar surface area (TPSA) is 78.0 Å². The summed E-state index contributed by atoms with van der Waals surface area (Å²) in [5.74, 6) is 0.0879. The minimum Gasteiger partial charge on any atom is -0.369 e. The molecule has 9 heteroatoms. The van der Waals surface area contributed by atoms with E-state index in [0.29, 0.717) is 30.8 Å². The van der Waals surface area contributed by atoms with Crippen LogP contribution in [0.25, 0.3) is 0 Å². The number of nitrogens with one attached hydrogen (secondary N) is 1. The summed E-state index contributed by atoms with van der Waals surface area (Å²) >= 11 is 0. The third kappa shape index (κ3) is 5.62. The van der Waals surface area contributed by atoms with Crippen molar-refractivity contribution in [2.75, 3.05) is 33.7 Å². The van der Waals surface area contributed by atoms with Crippen molar-refractivity contribution in [3.8, 4) is 0 Å². The monoisotopic (exact) mass is 607 g/mol. The molecule has 3 aliphatic heterocycles. The number of pyridine rings is 1. The van der Waals surface area contributed by atoms with Crippen molar-refractivity contribution >= 4 is 11.7 Å².